The maximum absolute atomic E-state index is 13.9. The normalized spacial score (nSPS) is 23.6. The standard InChI is InChI=1S/C18H24F4N4O2S.HI/c1-2-23-17(25-16-11-14(16)13-5-3-4-6-15(13)19)24-12-7-9-26(10-8-12)29(27,28)18(20,21)22;/h3-6,12,14,16H,2,7-11H2,1H3,(H2,23,24,25);1H. The first-order chi connectivity index (χ1) is 13.6. The summed E-state index contributed by atoms with van der Waals surface area (Å²) in [6, 6.07) is 6.43. The van der Waals surface area contributed by atoms with E-state index >= 15 is 0 Å². The predicted octanol–water partition coefficient (Wildman–Crippen LogP) is 3.17. The van der Waals surface area contributed by atoms with Gasteiger partial charge in [0, 0.05) is 37.6 Å². The predicted molar refractivity (Wildman–Crippen MR) is 117 cm³/mol. The fourth-order valence-corrected chi connectivity index (χ4v) is 4.51. The monoisotopic (exact) mass is 564 g/mol. The van der Waals surface area contributed by atoms with E-state index in [2.05, 4.69) is 15.6 Å². The fraction of sp³-hybridized carbons (Fsp3) is 0.611. The SMILES string of the molecule is CCN=C(NC1CCN(S(=O)(=O)C(F)(F)F)CC1)NC1CC1c1ccccc1F.I. The summed E-state index contributed by atoms with van der Waals surface area (Å²) in [6.45, 7) is 1.93. The Balaban J connectivity index is 0.00000320. The van der Waals surface area contributed by atoms with Crippen molar-refractivity contribution in [3.05, 3.63) is 35.6 Å². The lowest BCUT2D eigenvalue weighted by molar-refractivity contribution is -0.0494. The van der Waals surface area contributed by atoms with E-state index in [1.807, 2.05) is 6.92 Å². The summed E-state index contributed by atoms with van der Waals surface area (Å²) < 4.78 is 75.4. The van der Waals surface area contributed by atoms with Gasteiger partial charge < -0.3 is 10.6 Å². The van der Waals surface area contributed by atoms with Crippen LogP contribution in [0.1, 0.15) is 37.7 Å². The molecule has 1 aromatic carbocycles. The summed E-state index contributed by atoms with van der Waals surface area (Å²) >= 11 is 0. The molecule has 1 heterocycles. The molecular weight excluding hydrogens is 539 g/mol. The Morgan fingerprint density at radius 2 is 1.83 bits per heavy atom. The van der Waals surface area contributed by atoms with Crippen molar-refractivity contribution < 1.29 is 26.0 Å². The minimum Gasteiger partial charge on any atom is -0.354 e. The number of hydrogen-bond acceptors (Lipinski definition) is 3. The van der Waals surface area contributed by atoms with Crippen LogP contribution < -0.4 is 10.6 Å². The minimum absolute atomic E-state index is 0. The van der Waals surface area contributed by atoms with Gasteiger partial charge in [0.05, 0.1) is 0 Å². The zero-order chi connectivity index (χ0) is 21.2. The number of nitrogens with zero attached hydrogens (tertiary/aromatic N) is 2. The van der Waals surface area contributed by atoms with Crippen LogP contribution in [0.5, 0.6) is 0 Å². The van der Waals surface area contributed by atoms with Gasteiger partial charge in [-0.3, -0.25) is 4.99 Å². The van der Waals surface area contributed by atoms with Crippen LogP contribution in [0, 0.1) is 5.82 Å². The summed E-state index contributed by atoms with van der Waals surface area (Å²) in [4.78, 5) is 4.34. The molecule has 1 saturated carbocycles. The first-order valence-corrected chi connectivity index (χ1v) is 11.0. The van der Waals surface area contributed by atoms with E-state index < -0.39 is 15.5 Å². The highest BCUT2D eigenvalue weighted by Crippen LogP contribution is 2.41. The Labute approximate surface area is 190 Å². The van der Waals surface area contributed by atoms with Gasteiger partial charge in [-0.15, -0.1) is 24.0 Å². The van der Waals surface area contributed by atoms with Crippen LogP contribution in [0.3, 0.4) is 0 Å². The molecule has 0 spiro atoms. The molecule has 12 heteroatoms. The molecule has 1 saturated heterocycles. The molecule has 2 atom stereocenters. The molecule has 0 aromatic heterocycles. The number of piperidine rings is 1. The molecular formula is C18H25F4IN4O2S. The van der Waals surface area contributed by atoms with Crippen LogP contribution in [0.25, 0.3) is 0 Å². The van der Waals surface area contributed by atoms with Crippen LogP contribution in [-0.4, -0.2) is 55.9 Å². The second kappa shape index (κ2) is 9.98. The summed E-state index contributed by atoms with van der Waals surface area (Å²) in [6.07, 6.45) is 1.23. The third-order valence-corrected chi connectivity index (χ3v) is 6.79. The molecule has 2 unspecified atom stereocenters. The van der Waals surface area contributed by atoms with E-state index in [-0.39, 0.29) is 73.7 Å². The van der Waals surface area contributed by atoms with Crippen molar-refractivity contribution in [3.63, 3.8) is 0 Å². The third kappa shape index (κ3) is 5.75. The number of aliphatic imine (C=N–C) groups is 1. The lowest BCUT2D eigenvalue weighted by Crippen LogP contribution is -2.52. The Morgan fingerprint density at radius 1 is 1.20 bits per heavy atom. The van der Waals surface area contributed by atoms with E-state index in [0.717, 1.165) is 6.42 Å². The van der Waals surface area contributed by atoms with E-state index in [1.165, 1.54) is 6.07 Å². The highest BCUT2D eigenvalue weighted by atomic mass is 127. The molecule has 2 aliphatic rings. The second-order valence-electron chi connectivity index (χ2n) is 7.21. The molecule has 3 rings (SSSR count). The molecule has 0 bridgehead atoms. The van der Waals surface area contributed by atoms with Gasteiger partial charge in [0.25, 0.3) is 0 Å². The summed E-state index contributed by atoms with van der Waals surface area (Å²) in [5.74, 6) is 0.300. The van der Waals surface area contributed by atoms with E-state index in [4.69, 9.17) is 0 Å². The zero-order valence-electron chi connectivity index (χ0n) is 16.3. The number of sulfonamides is 1. The van der Waals surface area contributed by atoms with Gasteiger partial charge >= 0.3 is 15.5 Å². The third-order valence-electron chi connectivity index (χ3n) is 5.16. The molecule has 0 radical (unpaired) electrons. The van der Waals surface area contributed by atoms with Gasteiger partial charge in [0.15, 0.2) is 5.96 Å². The maximum atomic E-state index is 13.9. The second-order valence-corrected chi connectivity index (χ2v) is 9.14. The van der Waals surface area contributed by atoms with Gasteiger partial charge in [-0.05, 0) is 37.8 Å². The van der Waals surface area contributed by atoms with Crippen LogP contribution in [0.4, 0.5) is 17.6 Å². The summed E-state index contributed by atoms with van der Waals surface area (Å²) in [5.41, 5.74) is -4.64. The number of hydrogen-bond donors (Lipinski definition) is 2. The van der Waals surface area contributed by atoms with E-state index in [1.54, 1.807) is 18.2 Å². The molecule has 2 fully saturated rings. The first kappa shape index (κ1) is 25.1. The smallest absolute Gasteiger partial charge is 0.354 e. The van der Waals surface area contributed by atoms with Gasteiger partial charge in [0.2, 0.25) is 0 Å². The number of nitrogens with one attached hydrogen (secondary N) is 2. The maximum Gasteiger partial charge on any atom is 0.511 e. The fourth-order valence-electron chi connectivity index (χ4n) is 3.52. The van der Waals surface area contributed by atoms with Crippen molar-refractivity contribution >= 4 is 40.0 Å². The number of halogens is 5. The van der Waals surface area contributed by atoms with Crippen molar-refractivity contribution in [2.24, 2.45) is 4.99 Å². The summed E-state index contributed by atoms with van der Waals surface area (Å²) in [5, 5.41) is 6.41. The van der Waals surface area contributed by atoms with Gasteiger partial charge in [0.1, 0.15) is 5.82 Å². The first-order valence-electron chi connectivity index (χ1n) is 9.52. The molecule has 6 nitrogen and oxygen atoms in total. The number of rotatable bonds is 5. The van der Waals surface area contributed by atoms with Crippen LogP contribution in [0.2, 0.25) is 0 Å². The average molecular weight is 564 g/mol. The Hall–Kier alpha value is -1.15. The molecule has 2 N–H and O–H groups in total. The minimum atomic E-state index is -5.29. The van der Waals surface area contributed by atoms with Gasteiger partial charge in [-0.2, -0.15) is 17.5 Å². The Bertz CT molecular complexity index is 858. The zero-order valence-corrected chi connectivity index (χ0v) is 19.5. The van der Waals surface area contributed by atoms with Crippen molar-refractivity contribution in [2.45, 2.75) is 49.7 Å². The van der Waals surface area contributed by atoms with E-state index in [9.17, 15) is 26.0 Å². The number of alkyl halides is 3. The number of guanidine groups is 1. The van der Waals surface area contributed by atoms with Crippen LogP contribution >= 0.6 is 24.0 Å². The average Bonchev–Trinajstić information content (AvgIpc) is 3.40. The highest BCUT2D eigenvalue weighted by molar-refractivity contribution is 14.0. The topological polar surface area (TPSA) is 73.8 Å². The molecule has 1 aliphatic carbocycles. The largest absolute Gasteiger partial charge is 0.511 e. The number of benzene rings is 1. The molecule has 170 valence electrons. The summed E-state index contributed by atoms with van der Waals surface area (Å²) in [7, 11) is -5.29. The van der Waals surface area contributed by atoms with Crippen molar-refractivity contribution in [1.82, 2.24) is 14.9 Å². The molecule has 30 heavy (non-hydrogen) atoms. The van der Waals surface area contributed by atoms with Gasteiger partial charge in [-0.1, -0.05) is 18.2 Å². The van der Waals surface area contributed by atoms with Gasteiger partial charge in [-0.25, -0.2) is 12.8 Å². The van der Waals surface area contributed by atoms with Crippen LogP contribution in [-0.2, 0) is 10.0 Å². The molecule has 0 amide bonds. The van der Waals surface area contributed by atoms with Crippen molar-refractivity contribution in [1.29, 1.82) is 0 Å². The highest BCUT2D eigenvalue weighted by Gasteiger charge is 2.50. The lowest BCUT2D eigenvalue weighted by Gasteiger charge is -2.32. The molecule has 1 aliphatic heterocycles. The Morgan fingerprint density at radius 3 is 2.40 bits per heavy atom. The Kier molecular flexibility index (Phi) is 8.36. The lowest BCUT2D eigenvalue weighted by atomic mass is 10.1. The molecule has 1 aromatic rings. The van der Waals surface area contributed by atoms with Crippen molar-refractivity contribution in [3.8, 4) is 0 Å². The van der Waals surface area contributed by atoms with Crippen molar-refractivity contribution in [2.75, 3.05) is 19.6 Å². The van der Waals surface area contributed by atoms with E-state index in [0.29, 0.717) is 22.4 Å². The van der Waals surface area contributed by atoms with Crippen LogP contribution in [0.15, 0.2) is 29.3 Å². The quantitative estimate of drug-likeness (QED) is 0.250.